The second kappa shape index (κ2) is 7.14. The van der Waals surface area contributed by atoms with Crippen molar-refractivity contribution in [3.8, 4) is 0 Å². The van der Waals surface area contributed by atoms with Crippen LogP contribution in [0.15, 0.2) is 30.3 Å². The quantitative estimate of drug-likeness (QED) is 0.886. The summed E-state index contributed by atoms with van der Waals surface area (Å²) in [7, 11) is 0. The van der Waals surface area contributed by atoms with E-state index < -0.39 is 0 Å². The van der Waals surface area contributed by atoms with Crippen molar-refractivity contribution in [3.05, 3.63) is 30.3 Å². The molecule has 0 bridgehead atoms. The van der Waals surface area contributed by atoms with Gasteiger partial charge in [-0.05, 0) is 31.4 Å². The Morgan fingerprint density at radius 2 is 2.21 bits per heavy atom. The van der Waals surface area contributed by atoms with Gasteiger partial charge in [0.25, 0.3) is 0 Å². The Balaban J connectivity index is 2.05. The average molecular weight is 262 g/mol. The van der Waals surface area contributed by atoms with E-state index in [0.717, 1.165) is 31.6 Å². The highest BCUT2D eigenvalue weighted by Crippen LogP contribution is 2.19. The summed E-state index contributed by atoms with van der Waals surface area (Å²) in [6.07, 6.45) is 3.22. The van der Waals surface area contributed by atoms with Gasteiger partial charge < -0.3 is 10.1 Å². The van der Waals surface area contributed by atoms with Crippen molar-refractivity contribution in [1.82, 2.24) is 5.32 Å². The SMILES string of the molecule is CCCNC(=O)N(CC1CCCO1)c1ccccc1. The number of hydrogen-bond acceptors (Lipinski definition) is 2. The van der Waals surface area contributed by atoms with Crippen LogP contribution in [0, 0.1) is 0 Å². The van der Waals surface area contributed by atoms with Crippen LogP contribution in [0.25, 0.3) is 0 Å². The molecule has 0 saturated carbocycles. The van der Waals surface area contributed by atoms with E-state index in [1.165, 1.54) is 0 Å². The Kier molecular flexibility index (Phi) is 5.21. The van der Waals surface area contributed by atoms with Crippen LogP contribution in [0.4, 0.5) is 10.5 Å². The van der Waals surface area contributed by atoms with E-state index in [2.05, 4.69) is 5.32 Å². The standard InChI is InChI=1S/C15H22N2O2/c1-2-10-16-15(18)17(12-14-9-6-11-19-14)13-7-4-3-5-8-13/h3-5,7-8,14H,2,6,9-12H2,1H3,(H,16,18). The van der Waals surface area contributed by atoms with Gasteiger partial charge in [-0.15, -0.1) is 0 Å². The molecule has 1 heterocycles. The molecule has 104 valence electrons. The van der Waals surface area contributed by atoms with Crippen molar-refractivity contribution in [3.63, 3.8) is 0 Å². The highest BCUT2D eigenvalue weighted by Gasteiger charge is 2.23. The molecule has 0 aromatic heterocycles. The van der Waals surface area contributed by atoms with Crippen LogP contribution < -0.4 is 10.2 Å². The molecule has 19 heavy (non-hydrogen) atoms. The molecule has 0 aliphatic carbocycles. The molecule has 0 radical (unpaired) electrons. The molecule has 2 amide bonds. The van der Waals surface area contributed by atoms with Crippen LogP contribution in [0.2, 0.25) is 0 Å². The summed E-state index contributed by atoms with van der Waals surface area (Å²) in [5.41, 5.74) is 0.923. The van der Waals surface area contributed by atoms with Gasteiger partial charge in [-0.1, -0.05) is 25.1 Å². The van der Waals surface area contributed by atoms with Gasteiger partial charge >= 0.3 is 6.03 Å². The first kappa shape index (κ1) is 13.9. The fourth-order valence-corrected chi connectivity index (χ4v) is 2.23. The van der Waals surface area contributed by atoms with E-state index in [0.29, 0.717) is 13.1 Å². The number of hydrogen-bond donors (Lipinski definition) is 1. The first-order chi connectivity index (χ1) is 9.31. The summed E-state index contributed by atoms with van der Waals surface area (Å²) in [6, 6.07) is 9.73. The van der Waals surface area contributed by atoms with E-state index in [9.17, 15) is 4.79 Å². The van der Waals surface area contributed by atoms with Gasteiger partial charge in [0.15, 0.2) is 0 Å². The summed E-state index contributed by atoms with van der Waals surface area (Å²) < 4.78 is 5.64. The monoisotopic (exact) mass is 262 g/mol. The maximum absolute atomic E-state index is 12.2. The molecule has 1 aliphatic rings. The number of nitrogens with one attached hydrogen (secondary N) is 1. The lowest BCUT2D eigenvalue weighted by Gasteiger charge is -2.25. The molecular weight excluding hydrogens is 240 g/mol. The molecule has 4 nitrogen and oxygen atoms in total. The van der Waals surface area contributed by atoms with Crippen molar-refractivity contribution in [2.45, 2.75) is 32.3 Å². The number of benzene rings is 1. The summed E-state index contributed by atoms with van der Waals surface area (Å²) in [5, 5.41) is 2.94. The van der Waals surface area contributed by atoms with Gasteiger partial charge in [0, 0.05) is 18.8 Å². The first-order valence-electron chi connectivity index (χ1n) is 7.03. The van der Waals surface area contributed by atoms with Crippen molar-refractivity contribution in [2.75, 3.05) is 24.6 Å². The fourth-order valence-electron chi connectivity index (χ4n) is 2.23. The van der Waals surface area contributed by atoms with Crippen LogP contribution in [0.3, 0.4) is 0 Å². The van der Waals surface area contributed by atoms with E-state index in [4.69, 9.17) is 4.74 Å². The molecule has 1 aromatic rings. The Morgan fingerprint density at radius 1 is 1.42 bits per heavy atom. The Morgan fingerprint density at radius 3 is 2.84 bits per heavy atom. The third-order valence-corrected chi connectivity index (χ3v) is 3.25. The number of ether oxygens (including phenoxy) is 1. The van der Waals surface area contributed by atoms with Gasteiger partial charge in [0.1, 0.15) is 0 Å². The molecule has 4 heteroatoms. The van der Waals surface area contributed by atoms with Crippen molar-refractivity contribution < 1.29 is 9.53 Å². The van der Waals surface area contributed by atoms with Gasteiger partial charge in [-0.3, -0.25) is 4.90 Å². The molecule has 0 spiro atoms. The molecule has 1 fully saturated rings. The van der Waals surface area contributed by atoms with Gasteiger partial charge in [-0.25, -0.2) is 4.79 Å². The number of anilines is 1. The third-order valence-electron chi connectivity index (χ3n) is 3.25. The lowest BCUT2D eigenvalue weighted by atomic mass is 10.2. The van der Waals surface area contributed by atoms with Crippen LogP contribution in [0.5, 0.6) is 0 Å². The van der Waals surface area contributed by atoms with E-state index in [1.54, 1.807) is 4.90 Å². The summed E-state index contributed by atoms with van der Waals surface area (Å²) >= 11 is 0. The predicted molar refractivity (Wildman–Crippen MR) is 76.5 cm³/mol. The molecule has 1 N–H and O–H groups in total. The van der Waals surface area contributed by atoms with Crippen LogP contribution in [0.1, 0.15) is 26.2 Å². The summed E-state index contributed by atoms with van der Waals surface area (Å²) in [6.45, 7) is 4.18. The number of amides is 2. The summed E-state index contributed by atoms with van der Waals surface area (Å²) in [5.74, 6) is 0. The lowest BCUT2D eigenvalue weighted by molar-refractivity contribution is 0.116. The third kappa shape index (κ3) is 3.96. The van der Waals surface area contributed by atoms with Crippen molar-refractivity contribution in [1.29, 1.82) is 0 Å². The van der Waals surface area contributed by atoms with Crippen molar-refractivity contribution >= 4 is 11.7 Å². The highest BCUT2D eigenvalue weighted by atomic mass is 16.5. The zero-order valence-corrected chi connectivity index (χ0v) is 11.5. The molecule has 1 aliphatic heterocycles. The van der Waals surface area contributed by atoms with E-state index in [1.807, 2.05) is 37.3 Å². The Bertz CT molecular complexity index is 388. The minimum absolute atomic E-state index is 0.0384. The number of rotatable bonds is 5. The Hall–Kier alpha value is -1.55. The Labute approximate surface area is 114 Å². The van der Waals surface area contributed by atoms with Gasteiger partial charge in [0.05, 0.1) is 12.6 Å². The molecule has 1 atom stereocenters. The van der Waals surface area contributed by atoms with Crippen LogP contribution in [-0.4, -0.2) is 31.8 Å². The number of carbonyl (C=O) groups is 1. The van der Waals surface area contributed by atoms with E-state index in [-0.39, 0.29) is 12.1 Å². The minimum Gasteiger partial charge on any atom is -0.376 e. The second-order valence-electron chi connectivity index (χ2n) is 4.81. The minimum atomic E-state index is -0.0384. The lowest BCUT2D eigenvalue weighted by Crippen LogP contribution is -2.44. The average Bonchev–Trinajstić information content (AvgIpc) is 2.96. The predicted octanol–water partition coefficient (Wildman–Crippen LogP) is 2.79. The van der Waals surface area contributed by atoms with Gasteiger partial charge in [-0.2, -0.15) is 0 Å². The highest BCUT2D eigenvalue weighted by molar-refractivity contribution is 5.91. The summed E-state index contributed by atoms with van der Waals surface area (Å²) in [4.78, 5) is 14.0. The first-order valence-corrected chi connectivity index (χ1v) is 7.03. The smallest absolute Gasteiger partial charge is 0.321 e. The molecule has 2 rings (SSSR count). The largest absolute Gasteiger partial charge is 0.376 e. The topological polar surface area (TPSA) is 41.6 Å². The molecule has 1 aromatic carbocycles. The van der Waals surface area contributed by atoms with Crippen LogP contribution >= 0.6 is 0 Å². The number of nitrogens with zero attached hydrogens (tertiary/aromatic N) is 1. The maximum atomic E-state index is 12.2. The van der Waals surface area contributed by atoms with E-state index >= 15 is 0 Å². The number of para-hydroxylation sites is 1. The van der Waals surface area contributed by atoms with Crippen molar-refractivity contribution in [2.24, 2.45) is 0 Å². The number of carbonyl (C=O) groups excluding carboxylic acids is 1. The maximum Gasteiger partial charge on any atom is 0.321 e. The molecule has 1 saturated heterocycles. The fraction of sp³-hybridized carbons (Fsp3) is 0.533. The van der Waals surface area contributed by atoms with Gasteiger partial charge in [0.2, 0.25) is 0 Å². The number of urea groups is 1. The zero-order chi connectivity index (χ0) is 13.5. The molecular formula is C15H22N2O2. The normalized spacial score (nSPS) is 18.3. The molecule has 1 unspecified atom stereocenters. The second-order valence-corrected chi connectivity index (χ2v) is 4.81. The zero-order valence-electron chi connectivity index (χ0n) is 11.5. The van der Waals surface area contributed by atoms with Crippen LogP contribution in [-0.2, 0) is 4.74 Å².